The molecule has 0 bridgehead atoms. The first-order valence-electron chi connectivity index (χ1n) is 7.49. The van der Waals surface area contributed by atoms with Crippen molar-refractivity contribution in [2.45, 2.75) is 32.9 Å². The summed E-state index contributed by atoms with van der Waals surface area (Å²) in [5.74, 6) is -2.00. The third kappa shape index (κ3) is 6.22. The zero-order valence-corrected chi connectivity index (χ0v) is 14.6. The minimum absolute atomic E-state index is 0. The van der Waals surface area contributed by atoms with E-state index in [-0.39, 0.29) is 18.1 Å². The number of halogens is 3. The van der Waals surface area contributed by atoms with Crippen LogP contribution in [0.4, 0.5) is 13.2 Å². The Hall–Kier alpha value is -2.63. The molecule has 0 fully saturated rings. The summed E-state index contributed by atoms with van der Waals surface area (Å²) in [7, 11) is 0. The Morgan fingerprint density at radius 3 is 2.25 bits per heavy atom. The van der Waals surface area contributed by atoms with Gasteiger partial charge in [-0.1, -0.05) is 7.43 Å². The van der Waals surface area contributed by atoms with Crippen LogP contribution < -0.4 is 15.5 Å². The molecule has 2 amide bonds. The van der Waals surface area contributed by atoms with Gasteiger partial charge in [0.2, 0.25) is 0 Å². The van der Waals surface area contributed by atoms with Gasteiger partial charge in [-0.05, 0) is 48.9 Å². The highest BCUT2D eigenvalue weighted by Crippen LogP contribution is 2.31. The molecule has 0 aliphatic carbocycles. The van der Waals surface area contributed by atoms with Gasteiger partial charge in [-0.3, -0.25) is 14.8 Å². The monoisotopic (exact) mass is 420 g/mol. The molecule has 0 saturated heterocycles. The first kappa shape index (κ1) is 23.4. The van der Waals surface area contributed by atoms with E-state index < -0.39 is 30.3 Å². The van der Waals surface area contributed by atoms with Crippen molar-refractivity contribution < 1.29 is 37.8 Å². The Morgan fingerprint density at radius 1 is 1.14 bits per heavy atom. The minimum atomic E-state index is -4.78. The number of benzene rings is 1. The Morgan fingerprint density at radius 2 is 1.75 bits per heavy atom. The standard InChI is InChI=1S/C16H15F3N2O5S.CH4/c1-8(22)13(15(24)21-25)20-14(23)12-7-6-11(27-12)9-2-4-10(5-3-9)26-16(17,18)19;/h2-8,13,22,25H,1H3,(H,20,23)(H,21,24);1H4/t8-,13+;/m1./s1. The van der Waals surface area contributed by atoms with Crippen molar-refractivity contribution in [3.05, 3.63) is 41.3 Å². The van der Waals surface area contributed by atoms with Gasteiger partial charge in [-0.2, -0.15) is 0 Å². The van der Waals surface area contributed by atoms with E-state index in [2.05, 4.69) is 10.1 Å². The molecule has 0 aliphatic rings. The van der Waals surface area contributed by atoms with Gasteiger partial charge >= 0.3 is 6.36 Å². The maximum atomic E-state index is 12.2. The molecule has 1 aromatic carbocycles. The zero-order chi connectivity index (χ0) is 20.2. The average molecular weight is 420 g/mol. The quantitative estimate of drug-likeness (QED) is 0.425. The van der Waals surface area contributed by atoms with Crippen LogP contribution in [-0.4, -0.2) is 40.6 Å². The molecular formula is C17H19F3N2O5S. The predicted molar refractivity (Wildman–Crippen MR) is 96.0 cm³/mol. The average Bonchev–Trinajstić information content (AvgIpc) is 3.08. The van der Waals surface area contributed by atoms with E-state index >= 15 is 0 Å². The predicted octanol–water partition coefficient (Wildman–Crippen LogP) is 2.93. The fourth-order valence-corrected chi connectivity index (χ4v) is 3.04. The molecule has 2 atom stereocenters. The van der Waals surface area contributed by atoms with E-state index in [4.69, 9.17) is 5.21 Å². The third-order valence-corrected chi connectivity index (χ3v) is 4.50. The normalized spacial score (nSPS) is 13.1. The summed E-state index contributed by atoms with van der Waals surface area (Å²) < 4.78 is 40.3. The summed E-state index contributed by atoms with van der Waals surface area (Å²) in [6.45, 7) is 1.27. The summed E-state index contributed by atoms with van der Waals surface area (Å²) in [5, 5.41) is 20.5. The van der Waals surface area contributed by atoms with Crippen molar-refractivity contribution in [2.75, 3.05) is 0 Å². The topological polar surface area (TPSA) is 108 Å². The van der Waals surface area contributed by atoms with Crippen LogP contribution >= 0.6 is 11.3 Å². The van der Waals surface area contributed by atoms with Gasteiger partial charge in [0.25, 0.3) is 11.8 Å². The summed E-state index contributed by atoms with van der Waals surface area (Å²) in [5.41, 5.74) is 1.92. The molecular weight excluding hydrogens is 401 g/mol. The molecule has 0 spiro atoms. The van der Waals surface area contributed by atoms with Crippen molar-refractivity contribution in [2.24, 2.45) is 0 Å². The number of hydrogen-bond donors (Lipinski definition) is 4. The number of thiophene rings is 1. The van der Waals surface area contributed by atoms with E-state index in [1.807, 2.05) is 0 Å². The van der Waals surface area contributed by atoms with E-state index in [0.29, 0.717) is 10.4 Å². The summed E-state index contributed by atoms with van der Waals surface area (Å²) in [4.78, 5) is 24.5. The Balaban J connectivity index is 0.00000392. The number of amides is 2. The number of hydrogen-bond acceptors (Lipinski definition) is 6. The molecule has 0 radical (unpaired) electrons. The highest BCUT2D eigenvalue weighted by atomic mass is 32.1. The number of aliphatic hydroxyl groups is 1. The summed E-state index contributed by atoms with van der Waals surface area (Å²) in [6, 6.07) is 6.81. The zero-order valence-electron chi connectivity index (χ0n) is 13.8. The Kier molecular flexibility index (Phi) is 7.97. The van der Waals surface area contributed by atoms with Crippen molar-refractivity contribution in [1.82, 2.24) is 10.8 Å². The fourth-order valence-electron chi connectivity index (χ4n) is 2.12. The van der Waals surface area contributed by atoms with Crippen molar-refractivity contribution in [3.8, 4) is 16.2 Å². The number of alkyl halides is 3. The van der Waals surface area contributed by atoms with Gasteiger partial charge in [0.15, 0.2) is 0 Å². The van der Waals surface area contributed by atoms with Crippen LogP contribution in [0.5, 0.6) is 5.75 Å². The van der Waals surface area contributed by atoms with Gasteiger partial charge in [-0.15, -0.1) is 24.5 Å². The molecule has 4 N–H and O–H groups in total. The molecule has 0 saturated carbocycles. The minimum Gasteiger partial charge on any atom is -0.406 e. The number of ether oxygens (including phenoxy) is 1. The molecule has 11 heteroatoms. The summed E-state index contributed by atoms with van der Waals surface area (Å²) >= 11 is 1.04. The van der Waals surface area contributed by atoms with Crippen LogP contribution in [0.15, 0.2) is 36.4 Å². The summed E-state index contributed by atoms with van der Waals surface area (Å²) in [6.07, 6.45) is -6.03. The van der Waals surface area contributed by atoms with Crippen LogP contribution in [0.3, 0.4) is 0 Å². The second-order valence-corrected chi connectivity index (χ2v) is 6.49. The third-order valence-electron chi connectivity index (χ3n) is 3.36. The van der Waals surface area contributed by atoms with Crippen LogP contribution in [-0.2, 0) is 4.79 Å². The lowest BCUT2D eigenvalue weighted by molar-refractivity contribution is -0.274. The second-order valence-electron chi connectivity index (χ2n) is 5.40. The van der Waals surface area contributed by atoms with Crippen molar-refractivity contribution >= 4 is 23.2 Å². The lowest BCUT2D eigenvalue weighted by Crippen LogP contribution is -2.51. The van der Waals surface area contributed by atoms with Crippen LogP contribution in [0.2, 0.25) is 0 Å². The van der Waals surface area contributed by atoms with Crippen LogP contribution in [0.25, 0.3) is 10.4 Å². The smallest absolute Gasteiger partial charge is 0.406 e. The number of carbonyl (C=O) groups is 2. The molecule has 28 heavy (non-hydrogen) atoms. The maximum absolute atomic E-state index is 12.2. The largest absolute Gasteiger partial charge is 0.573 e. The fraction of sp³-hybridized carbons (Fsp3) is 0.294. The molecule has 2 rings (SSSR count). The van der Waals surface area contributed by atoms with Crippen molar-refractivity contribution in [3.63, 3.8) is 0 Å². The van der Waals surface area contributed by atoms with E-state index in [9.17, 15) is 27.9 Å². The van der Waals surface area contributed by atoms with Gasteiger partial charge in [0.05, 0.1) is 11.0 Å². The number of aliphatic hydroxyl groups excluding tert-OH is 1. The Bertz CT molecular complexity index is 806. The first-order valence-corrected chi connectivity index (χ1v) is 8.31. The number of carbonyl (C=O) groups excluding carboxylic acids is 2. The van der Waals surface area contributed by atoms with Gasteiger partial charge in [-0.25, -0.2) is 5.48 Å². The van der Waals surface area contributed by atoms with Gasteiger partial charge in [0.1, 0.15) is 11.8 Å². The maximum Gasteiger partial charge on any atom is 0.573 e. The van der Waals surface area contributed by atoms with E-state index in [0.717, 1.165) is 23.5 Å². The molecule has 2 aromatic rings. The number of hydroxylamine groups is 1. The lowest BCUT2D eigenvalue weighted by Gasteiger charge is -2.18. The number of nitrogens with one attached hydrogen (secondary N) is 2. The molecule has 0 aliphatic heterocycles. The van der Waals surface area contributed by atoms with Gasteiger partial charge < -0.3 is 15.2 Å². The molecule has 1 heterocycles. The Labute approximate surface area is 162 Å². The SMILES string of the molecule is C.C[C@@H](O)[C@H](NC(=O)c1ccc(-c2ccc(OC(F)(F)F)cc2)s1)C(=O)NO. The highest BCUT2D eigenvalue weighted by Gasteiger charge is 2.31. The number of rotatable bonds is 6. The van der Waals surface area contributed by atoms with Gasteiger partial charge in [0, 0.05) is 4.88 Å². The molecule has 154 valence electrons. The van der Waals surface area contributed by atoms with Crippen LogP contribution in [0, 0.1) is 0 Å². The highest BCUT2D eigenvalue weighted by molar-refractivity contribution is 7.17. The van der Waals surface area contributed by atoms with Crippen LogP contribution in [0.1, 0.15) is 24.0 Å². The van der Waals surface area contributed by atoms with E-state index in [1.165, 1.54) is 30.6 Å². The molecule has 1 aromatic heterocycles. The lowest BCUT2D eigenvalue weighted by atomic mass is 10.1. The van der Waals surface area contributed by atoms with Crippen molar-refractivity contribution in [1.29, 1.82) is 0 Å². The van der Waals surface area contributed by atoms with E-state index in [1.54, 1.807) is 6.07 Å². The first-order chi connectivity index (χ1) is 12.6. The molecule has 7 nitrogen and oxygen atoms in total. The molecule has 0 unspecified atom stereocenters. The second kappa shape index (κ2) is 9.53.